The van der Waals surface area contributed by atoms with Crippen molar-refractivity contribution in [2.45, 2.75) is 5.75 Å². The molecule has 1 aromatic rings. The van der Waals surface area contributed by atoms with E-state index in [9.17, 15) is 4.79 Å². The van der Waals surface area contributed by atoms with Crippen LogP contribution in [0.25, 0.3) is 0 Å². The molecule has 0 saturated heterocycles. The van der Waals surface area contributed by atoms with Crippen molar-refractivity contribution in [1.29, 1.82) is 0 Å². The quantitative estimate of drug-likeness (QED) is 0.718. The molecule has 0 atom stereocenters. The van der Waals surface area contributed by atoms with Crippen molar-refractivity contribution >= 4 is 17.7 Å². The third-order valence-electron chi connectivity index (χ3n) is 1.72. The number of amides is 1. The van der Waals surface area contributed by atoms with E-state index in [0.717, 1.165) is 16.6 Å². The third kappa shape index (κ3) is 2.52. The molecular weight excluding hydrogens is 202 g/mol. The van der Waals surface area contributed by atoms with Crippen LogP contribution in [0.4, 0.5) is 0 Å². The summed E-state index contributed by atoms with van der Waals surface area (Å²) in [4.78, 5) is 16.2. The number of carbonyl (C=O) groups is 1. The van der Waals surface area contributed by atoms with Crippen LogP contribution < -0.4 is 0 Å². The van der Waals surface area contributed by atoms with Gasteiger partial charge in [0.25, 0.3) is 0 Å². The monoisotopic (exact) mass is 215 g/mol. The number of furan rings is 1. The smallest absolute Gasteiger partial charge is 0.312 e. The SMILES string of the molecule is CON(C)C(=O)c1ccc(CSC)o1. The molecule has 1 rings (SSSR count). The fourth-order valence-corrected chi connectivity index (χ4v) is 1.39. The Morgan fingerprint density at radius 2 is 2.36 bits per heavy atom. The fourth-order valence-electron chi connectivity index (χ4n) is 0.951. The summed E-state index contributed by atoms with van der Waals surface area (Å²) in [5.41, 5.74) is 0. The zero-order chi connectivity index (χ0) is 10.6. The minimum absolute atomic E-state index is 0.278. The number of thioether (sulfide) groups is 1. The molecule has 1 amide bonds. The van der Waals surface area contributed by atoms with Gasteiger partial charge >= 0.3 is 5.91 Å². The highest BCUT2D eigenvalue weighted by molar-refractivity contribution is 7.97. The first-order valence-electron chi connectivity index (χ1n) is 4.09. The van der Waals surface area contributed by atoms with Gasteiger partial charge in [-0.2, -0.15) is 11.8 Å². The number of hydroxylamine groups is 2. The predicted octanol–water partition coefficient (Wildman–Crippen LogP) is 1.78. The summed E-state index contributed by atoms with van der Waals surface area (Å²) in [6.07, 6.45) is 1.98. The van der Waals surface area contributed by atoms with Crippen molar-refractivity contribution in [2.24, 2.45) is 0 Å². The molecule has 0 aliphatic rings. The van der Waals surface area contributed by atoms with E-state index in [1.54, 1.807) is 30.9 Å². The summed E-state index contributed by atoms with van der Waals surface area (Å²) < 4.78 is 5.32. The van der Waals surface area contributed by atoms with E-state index in [2.05, 4.69) is 0 Å². The number of nitrogens with zero attached hydrogens (tertiary/aromatic N) is 1. The van der Waals surface area contributed by atoms with Gasteiger partial charge in [0, 0.05) is 7.05 Å². The average Bonchev–Trinajstić information content (AvgIpc) is 2.64. The Kier molecular flexibility index (Phi) is 4.03. The van der Waals surface area contributed by atoms with Crippen molar-refractivity contribution in [3.63, 3.8) is 0 Å². The van der Waals surface area contributed by atoms with Crippen LogP contribution in [0, 0.1) is 0 Å². The van der Waals surface area contributed by atoms with Crippen LogP contribution in [0.15, 0.2) is 16.5 Å². The van der Waals surface area contributed by atoms with Gasteiger partial charge in [0.2, 0.25) is 0 Å². The summed E-state index contributed by atoms with van der Waals surface area (Å²) in [5, 5.41) is 1.13. The molecule has 0 spiro atoms. The normalized spacial score (nSPS) is 10.2. The van der Waals surface area contributed by atoms with Gasteiger partial charge in [0.1, 0.15) is 5.76 Å². The fraction of sp³-hybridized carbons (Fsp3) is 0.444. The van der Waals surface area contributed by atoms with Crippen LogP contribution >= 0.6 is 11.8 Å². The second kappa shape index (κ2) is 5.07. The zero-order valence-electron chi connectivity index (χ0n) is 8.44. The van der Waals surface area contributed by atoms with E-state index in [1.807, 2.05) is 6.26 Å². The Morgan fingerprint density at radius 3 is 2.93 bits per heavy atom. The largest absolute Gasteiger partial charge is 0.455 e. The Balaban J connectivity index is 2.71. The summed E-state index contributed by atoms with van der Waals surface area (Å²) in [7, 11) is 2.97. The lowest BCUT2D eigenvalue weighted by Crippen LogP contribution is -2.24. The first-order chi connectivity index (χ1) is 6.69. The number of hydrogen-bond acceptors (Lipinski definition) is 4. The second-order valence-electron chi connectivity index (χ2n) is 2.68. The molecule has 4 nitrogen and oxygen atoms in total. The molecule has 5 heteroatoms. The Morgan fingerprint density at radius 1 is 1.64 bits per heavy atom. The summed E-state index contributed by atoms with van der Waals surface area (Å²) >= 11 is 1.64. The van der Waals surface area contributed by atoms with Crippen molar-refractivity contribution in [3.8, 4) is 0 Å². The molecule has 0 saturated carbocycles. The highest BCUT2D eigenvalue weighted by Crippen LogP contribution is 2.14. The molecule has 1 heterocycles. The van der Waals surface area contributed by atoms with E-state index in [1.165, 1.54) is 7.11 Å². The molecule has 78 valence electrons. The van der Waals surface area contributed by atoms with Crippen LogP contribution in [0.2, 0.25) is 0 Å². The molecule has 0 bridgehead atoms. The molecule has 0 radical (unpaired) electrons. The maximum Gasteiger partial charge on any atom is 0.312 e. The van der Waals surface area contributed by atoms with Crippen molar-refractivity contribution in [3.05, 3.63) is 23.7 Å². The van der Waals surface area contributed by atoms with Crippen molar-refractivity contribution in [2.75, 3.05) is 20.4 Å². The first kappa shape index (κ1) is 11.1. The molecule has 14 heavy (non-hydrogen) atoms. The maximum atomic E-state index is 11.5. The first-order valence-corrected chi connectivity index (χ1v) is 5.48. The molecular formula is C9H13NO3S. The van der Waals surface area contributed by atoms with Crippen LogP contribution in [0.3, 0.4) is 0 Å². The number of carbonyl (C=O) groups excluding carboxylic acids is 1. The average molecular weight is 215 g/mol. The maximum absolute atomic E-state index is 11.5. The van der Waals surface area contributed by atoms with Crippen LogP contribution in [-0.2, 0) is 10.6 Å². The third-order valence-corrected chi connectivity index (χ3v) is 2.29. The predicted molar refractivity (Wildman–Crippen MR) is 55.0 cm³/mol. The molecule has 0 aromatic carbocycles. The van der Waals surface area contributed by atoms with E-state index in [4.69, 9.17) is 9.25 Å². The summed E-state index contributed by atoms with van der Waals surface area (Å²) in [6.45, 7) is 0. The van der Waals surface area contributed by atoms with Gasteiger partial charge in [-0.25, -0.2) is 5.06 Å². The summed E-state index contributed by atoms with van der Waals surface area (Å²) in [6, 6.07) is 3.46. The van der Waals surface area contributed by atoms with E-state index in [0.29, 0.717) is 5.76 Å². The molecule has 0 unspecified atom stereocenters. The standard InChI is InChI=1S/C9H13NO3S/c1-10(12-2)9(11)8-5-4-7(13-8)6-14-3/h4-5H,6H2,1-3H3. The highest BCUT2D eigenvalue weighted by atomic mass is 32.2. The molecule has 0 aliphatic heterocycles. The Hall–Kier alpha value is -0.940. The summed E-state index contributed by atoms with van der Waals surface area (Å²) in [5.74, 6) is 1.59. The van der Waals surface area contributed by atoms with Gasteiger partial charge in [0.15, 0.2) is 5.76 Å². The Labute approximate surface area is 87.2 Å². The van der Waals surface area contributed by atoms with Gasteiger partial charge < -0.3 is 4.42 Å². The zero-order valence-corrected chi connectivity index (χ0v) is 9.26. The molecule has 0 fully saturated rings. The minimum Gasteiger partial charge on any atom is -0.455 e. The number of rotatable bonds is 4. The molecule has 0 aliphatic carbocycles. The Bertz CT molecular complexity index is 311. The topological polar surface area (TPSA) is 42.7 Å². The van der Waals surface area contributed by atoms with Gasteiger partial charge in [-0.05, 0) is 18.4 Å². The van der Waals surface area contributed by atoms with E-state index in [-0.39, 0.29) is 5.91 Å². The van der Waals surface area contributed by atoms with Gasteiger partial charge in [-0.1, -0.05) is 0 Å². The van der Waals surface area contributed by atoms with Crippen LogP contribution in [0.5, 0.6) is 0 Å². The van der Waals surface area contributed by atoms with Gasteiger partial charge in [0.05, 0.1) is 12.9 Å². The number of hydrogen-bond donors (Lipinski definition) is 0. The minimum atomic E-state index is -0.278. The van der Waals surface area contributed by atoms with Crippen LogP contribution in [-0.4, -0.2) is 31.4 Å². The van der Waals surface area contributed by atoms with Crippen molar-refractivity contribution < 1.29 is 14.0 Å². The van der Waals surface area contributed by atoms with Crippen molar-refractivity contribution in [1.82, 2.24) is 5.06 Å². The van der Waals surface area contributed by atoms with Gasteiger partial charge in [-0.3, -0.25) is 9.63 Å². The highest BCUT2D eigenvalue weighted by Gasteiger charge is 2.15. The van der Waals surface area contributed by atoms with E-state index < -0.39 is 0 Å². The second-order valence-corrected chi connectivity index (χ2v) is 3.55. The van der Waals surface area contributed by atoms with E-state index >= 15 is 0 Å². The van der Waals surface area contributed by atoms with Gasteiger partial charge in [-0.15, -0.1) is 0 Å². The lowest BCUT2D eigenvalue weighted by molar-refractivity contribution is -0.0773. The molecule has 1 aromatic heterocycles. The molecule has 0 N–H and O–H groups in total. The van der Waals surface area contributed by atoms with Crippen LogP contribution in [0.1, 0.15) is 16.3 Å². The lowest BCUT2D eigenvalue weighted by atomic mass is 10.4. The lowest BCUT2D eigenvalue weighted by Gasteiger charge is -2.10.